The molecule has 0 amide bonds. The van der Waals surface area contributed by atoms with Gasteiger partial charge < -0.3 is 5.32 Å². The molecule has 0 bridgehead atoms. The SMILES string of the molecule is CN(Cc1ccsc1)Cc1ccccc1CCNC1CC1. The molecule has 1 saturated carbocycles. The smallest absolute Gasteiger partial charge is 0.0242 e. The van der Waals surface area contributed by atoms with Crippen LogP contribution in [0.15, 0.2) is 41.1 Å². The average Bonchev–Trinajstić information content (AvgIpc) is 3.16. The normalized spacial score (nSPS) is 14.8. The van der Waals surface area contributed by atoms with Crippen LogP contribution in [0.25, 0.3) is 0 Å². The second kappa shape index (κ2) is 7.21. The number of hydrogen-bond acceptors (Lipinski definition) is 3. The molecule has 21 heavy (non-hydrogen) atoms. The highest BCUT2D eigenvalue weighted by Gasteiger charge is 2.19. The van der Waals surface area contributed by atoms with Crippen LogP contribution in [0.5, 0.6) is 0 Å². The molecule has 3 rings (SSSR count). The van der Waals surface area contributed by atoms with Crippen molar-refractivity contribution in [2.75, 3.05) is 13.6 Å². The van der Waals surface area contributed by atoms with E-state index >= 15 is 0 Å². The van der Waals surface area contributed by atoms with E-state index in [1.165, 1.54) is 29.5 Å². The summed E-state index contributed by atoms with van der Waals surface area (Å²) < 4.78 is 0. The minimum Gasteiger partial charge on any atom is -0.314 e. The van der Waals surface area contributed by atoms with Crippen molar-refractivity contribution < 1.29 is 0 Å². The Morgan fingerprint density at radius 1 is 1.14 bits per heavy atom. The molecule has 0 saturated heterocycles. The Balaban J connectivity index is 1.55. The van der Waals surface area contributed by atoms with Crippen LogP contribution < -0.4 is 5.32 Å². The summed E-state index contributed by atoms with van der Waals surface area (Å²) >= 11 is 1.78. The molecule has 1 heterocycles. The number of rotatable bonds is 8. The lowest BCUT2D eigenvalue weighted by Crippen LogP contribution is -2.21. The van der Waals surface area contributed by atoms with Crippen LogP contribution >= 0.6 is 11.3 Å². The van der Waals surface area contributed by atoms with Gasteiger partial charge in [0.25, 0.3) is 0 Å². The maximum absolute atomic E-state index is 3.61. The Morgan fingerprint density at radius 3 is 2.67 bits per heavy atom. The summed E-state index contributed by atoms with van der Waals surface area (Å²) in [6.07, 6.45) is 3.87. The van der Waals surface area contributed by atoms with Gasteiger partial charge in [0, 0.05) is 19.1 Å². The van der Waals surface area contributed by atoms with Crippen molar-refractivity contribution in [3.8, 4) is 0 Å². The lowest BCUT2D eigenvalue weighted by atomic mass is 10.0. The second-order valence-electron chi connectivity index (χ2n) is 6.05. The molecular weight excluding hydrogens is 276 g/mol. The van der Waals surface area contributed by atoms with Crippen molar-refractivity contribution >= 4 is 11.3 Å². The third-order valence-corrected chi connectivity index (χ3v) is 4.73. The first-order chi connectivity index (χ1) is 10.3. The fraction of sp³-hybridized carbons (Fsp3) is 0.444. The number of benzene rings is 1. The molecule has 3 heteroatoms. The second-order valence-corrected chi connectivity index (χ2v) is 6.83. The zero-order chi connectivity index (χ0) is 14.5. The Morgan fingerprint density at radius 2 is 1.95 bits per heavy atom. The van der Waals surface area contributed by atoms with Gasteiger partial charge in [0.05, 0.1) is 0 Å². The van der Waals surface area contributed by atoms with Crippen LogP contribution in [0.3, 0.4) is 0 Å². The van der Waals surface area contributed by atoms with E-state index < -0.39 is 0 Å². The zero-order valence-electron chi connectivity index (χ0n) is 12.7. The Hall–Kier alpha value is -1.16. The highest BCUT2D eigenvalue weighted by molar-refractivity contribution is 7.07. The summed E-state index contributed by atoms with van der Waals surface area (Å²) in [6.45, 7) is 3.16. The van der Waals surface area contributed by atoms with Gasteiger partial charge in [-0.05, 0) is 66.4 Å². The fourth-order valence-electron chi connectivity index (χ4n) is 2.70. The molecule has 1 N–H and O–H groups in total. The van der Waals surface area contributed by atoms with Crippen LogP contribution in [0.2, 0.25) is 0 Å². The third-order valence-electron chi connectivity index (χ3n) is 4.00. The summed E-state index contributed by atoms with van der Waals surface area (Å²) in [5, 5.41) is 8.00. The van der Waals surface area contributed by atoms with Crippen LogP contribution in [0, 0.1) is 0 Å². The molecule has 1 aliphatic rings. The minimum atomic E-state index is 0.804. The van der Waals surface area contributed by atoms with Gasteiger partial charge in [0.2, 0.25) is 0 Å². The zero-order valence-corrected chi connectivity index (χ0v) is 13.5. The summed E-state index contributed by atoms with van der Waals surface area (Å²) in [6, 6.07) is 11.9. The molecule has 1 aliphatic carbocycles. The van der Waals surface area contributed by atoms with Gasteiger partial charge in [0.1, 0.15) is 0 Å². The van der Waals surface area contributed by atoms with Gasteiger partial charge in [-0.1, -0.05) is 24.3 Å². The first kappa shape index (κ1) is 14.8. The van der Waals surface area contributed by atoms with E-state index in [0.29, 0.717) is 0 Å². The summed E-state index contributed by atoms with van der Waals surface area (Å²) in [4.78, 5) is 2.40. The summed E-state index contributed by atoms with van der Waals surface area (Å²) in [5.74, 6) is 0. The predicted molar refractivity (Wildman–Crippen MR) is 90.7 cm³/mol. The van der Waals surface area contributed by atoms with Crippen molar-refractivity contribution in [2.24, 2.45) is 0 Å². The van der Waals surface area contributed by atoms with E-state index in [-0.39, 0.29) is 0 Å². The molecule has 2 nitrogen and oxygen atoms in total. The molecule has 0 spiro atoms. The molecule has 0 aliphatic heterocycles. The number of nitrogens with one attached hydrogen (secondary N) is 1. The highest BCUT2D eigenvalue weighted by atomic mass is 32.1. The van der Waals surface area contributed by atoms with Gasteiger partial charge in [-0.3, -0.25) is 4.90 Å². The summed E-state index contributed by atoms with van der Waals surface area (Å²) in [7, 11) is 2.21. The van der Waals surface area contributed by atoms with Crippen molar-refractivity contribution in [3.05, 3.63) is 57.8 Å². The van der Waals surface area contributed by atoms with Gasteiger partial charge >= 0.3 is 0 Å². The van der Waals surface area contributed by atoms with E-state index in [0.717, 1.165) is 32.1 Å². The maximum atomic E-state index is 3.61. The molecule has 0 unspecified atom stereocenters. The van der Waals surface area contributed by atoms with E-state index in [1.807, 2.05) is 0 Å². The van der Waals surface area contributed by atoms with Gasteiger partial charge in [-0.2, -0.15) is 11.3 Å². The van der Waals surface area contributed by atoms with Crippen LogP contribution in [-0.4, -0.2) is 24.5 Å². The summed E-state index contributed by atoms with van der Waals surface area (Å²) in [5.41, 5.74) is 4.37. The van der Waals surface area contributed by atoms with E-state index in [4.69, 9.17) is 0 Å². The number of nitrogens with zero attached hydrogens (tertiary/aromatic N) is 1. The molecule has 1 aromatic carbocycles. The topological polar surface area (TPSA) is 15.3 Å². The predicted octanol–water partition coefficient (Wildman–Crippen LogP) is 3.67. The van der Waals surface area contributed by atoms with E-state index in [2.05, 4.69) is 58.4 Å². The van der Waals surface area contributed by atoms with E-state index in [9.17, 15) is 0 Å². The third kappa shape index (κ3) is 4.67. The molecule has 0 radical (unpaired) electrons. The molecule has 2 aromatic rings. The average molecular weight is 300 g/mol. The lowest BCUT2D eigenvalue weighted by Gasteiger charge is -2.18. The van der Waals surface area contributed by atoms with Crippen LogP contribution in [0.4, 0.5) is 0 Å². The van der Waals surface area contributed by atoms with Gasteiger partial charge in [0.15, 0.2) is 0 Å². The number of hydrogen-bond donors (Lipinski definition) is 1. The number of thiophene rings is 1. The quantitative estimate of drug-likeness (QED) is 0.800. The Bertz CT molecular complexity index is 546. The van der Waals surface area contributed by atoms with Crippen LogP contribution in [0.1, 0.15) is 29.5 Å². The molecular formula is C18H24N2S. The van der Waals surface area contributed by atoms with E-state index in [1.54, 1.807) is 11.3 Å². The van der Waals surface area contributed by atoms with Gasteiger partial charge in [-0.25, -0.2) is 0 Å². The van der Waals surface area contributed by atoms with Crippen molar-refractivity contribution in [3.63, 3.8) is 0 Å². The lowest BCUT2D eigenvalue weighted by molar-refractivity contribution is 0.318. The first-order valence-electron chi connectivity index (χ1n) is 7.81. The van der Waals surface area contributed by atoms with Crippen molar-refractivity contribution in [1.29, 1.82) is 0 Å². The molecule has 1 aromatic heterocycles. The Kier molecular flexibility index (Phi) is 5.07. The Labute approximate surface area is 131 Å². The molecule has 1 fully saturated rings. The highest BCUT2D eigenvalue weighted by Crippen LogP contribution is 2.19. The van der Waals surface area contributed by atoms with Crippen LogP contribution in [-0.2, 0) is 19.5 Å². The van der Waals surface area contributed by atoms with Crippen molar-refractivity contribution in [1.82, 2.24) is 10.2 Å². The first-order valence-corrected chi connectivity index (χ1v) is 8.75. The maximum Gasteiger partial charge on any atom is 0.0242 e. The van der Waals surface area contributed by atoms with Gasteiger partial charge in [-0.15, -0.1) is 0 Å². The standard InChI is InChI=1S/C18H24N2S/c1-20(12-15-9-11-21-14-15)13-17-5-3-2-4-16(17)8-10-19-18-6-7-18/h2-5,9,11,14,18-19H,6-8,10,12-13H2,1H3. The largest absolute Gasteiger partial charge is 0.314 e. The molecule has 112 valence electrons. The fourth-order valence-corrected chi connectivity index (χ4v) is 3.35. The monoisotopic (exact) mass is 300 g/mol. The minimum absolute atomic E-state index is 0.804. The molecule has 0 atom stereocenters. The van der Waals surface area contributed by atoms with Crippen molar-refractivity contribution in [2.45, 2.75) is 38.4 Å².